The minimum Gasteiger partial charge on any atom is -0.504 e. The van der Waals surface area contributed by atoms with E-state index in [2.05, 4.69) is 17.1 Å². The quantitative estimate of drug-likeness (QED) is 0.380. The van der Waals surface area contributed by atoms with Crippen molar-refractivity contribution in [1.82, 2.24) is 4.90 Å². The van der Waals surface area contributed by atoms with Crippen LogP contribution in [0.1, 0.15) is 31.7 Å². The molecule has 4 heterocycles. The molecule has 1 aromatic rings. The summed E-state index contributed by atoms with van der Waals surface area (Å²) in [6, 6.07) is 3.77. The Balaban J connectivity index is 1.61. The molecule has 186 valence electrons. The Kier molecular flexibility index (Phi) is 6.21. The summed E-state index contributed by atoms with van der Waals surface area (Å²) in [5.41, 5.74) is 0.848. The third-order valence-electron chi connectivity index (χ3n) is 8.17. The molecule has 5 rings (SSSR count). The van der Waals surface area contributed by atoms with Gasteiger partial charge in [-0.25, -0.2) is 4.79 Å². The number of rotatable bonds is 5. The molecule has 0 amide bonds. The predicted molar refractivity (Wildman–Crippen MR) is 127 cm³/mol. The van der Waals surface area contributed by atoms with Gasteiger partial charge in [-0.15, -0.1) is 0 Å². The molecule has 0 aliphatic carbocycles. The van der Waals surface area contributed by atoms with Gasteiger partial charge in [-0.3, -0.25) is 4.90 Å². The average molecular weight is 493 g/mol. The fraction of sp³-hybridized carbons (Fsp3) is 0.640. The first-order valence-corrected chi connectivity index (χ1v) is 12.3. The highest BCUT2D eigenvalue weighted by molar-refractivity contribution is 6.32. The molecule has 5 atom stereocenters. The van der Waals surface area contributed by atoms with E-state index in [1.807, 2.05) is 12.1 Å². The molecule has 0 spiro atoms. The van der Waals surface area contributed by atoms with E-state index in [0.717, 1.165) is 37.2 Å². The molecule has 3 fully saturated rings. The number of nitrogens with one attached hydrogen (secondary N) is 1. The SMILES string of the molecule is CC[C@@H]1CN2CC[C@@]34OCCO[C@@]3(Nc3ccc(Cl)c(OC)c34)[C@@H]2C[C@@H]1/C(=C\OC)C(=O)OC. The second-order valence-corrected chi connectivity index (χ2v) is 9.87. The van der Waals surface area contributed by atoms with Crippen molar-refractivity contribution in [3.63, 3.8) is 0 Å². The maximum atomic E-state index is 12.7. The number of benzene rings is 1. The summed E-state index contributed by atoms with van der Waals surface area (Å²) in [7, 11) is 4.61. The van der Waals surface area contributed by atoms with Crippen LogP contribution in [0.4, 0.5) is 5.69 Å². The lowest BCUT2D eigenvalue weighted by Crippen LogP contribution is -2.75. The number of halogens is 1. The highest BCUT2D eigenvalue weighted by Gasteiger charge is 2.70. The number of piperidine rings is 2. The van der Waals surface area contributed by atoms with Crippen LogP contribution in [-0.4, -0.2) is 70.3 Å². The summed E-state index contributed by atoms with van der Waals surface area (Å²) in [5.74, 6) is 0.527. The van der Waals surface area contributed by atoms with E-state index >= 15 is 0 Å². The molecule has 4 aliphatic rings. The zero-order valence-electron chi connectivity index (χ0n) is 20.2. The van der Waals surface area contributed by atoms with Crippen LogP contribution < -0.4 is 10.1 Å². The number of methoxy groups -OCH3 is 3. The van der Waals surface area contributed by atoms with Crippen molar-refractivity contribution in [2.24, 2.45) is 11.8 Å². The summed E-state index contributed by atoms with van der Waals surface area (Å²) < 4.78 is 29.5. The predicted octanol–water partition coefficient (Wildman–Crippen LogP) is 3.54. The fourth-order valence-corrected chi connectivity index (χ4v) is 7.00. The van der Waals surface area contributed by atoms with Crippen LogP contribution in [0, 0.1) is 11.8 Å². The number of carbonyl (C=O) groups is 1. The molecule has 0 bridgehead atoms. The Morgan fingerprint density at radius 2 is 2.09 bits per heavy atom. The van der Waals surface area contributed by atoms with Crippen molar-refractivity contribution < 1.29 is 28.5 Å². The summed E-state index contributed by atoms with van der Waals surface area (Å²) in [4.78, 5) is 15.2. The molecule has 0 radical (unpaired) electrons. The topological polar surface area (TPSA) is 78.5 Å². The average Bonchev–Trinajstić information content (AvgIpc) is 3.18. The van der Waals surface area contributed by atoms with Gasteiger partial charge in [0.2, 0.25) is 0 Å². The number of fused-ring (bicyclic) bond motifs is 2. The second kappa shape index (κ2) is 8.90. The van der Waals surface area contributed by atoms with Gasteiger partial charge >= 0.3 is 5.97 Å². The van der Waals surface area contributed by atoms with E-state index in [1.54, 1.807) is 20.5 Å². The van der Waals surface area contributed by atoms with Gasteiger partial charge in [0.05, 0.1) is 63.0 Å². The number of esters is 1. The summed E-state index contributed by atoms with van der Waals surface area (Å²) in [6.07, 6.45) is 3.93. The lowest BCUT2D eigenvalue weighted by atomic mass is 9.67. The number of hydrogen-bond acceptors (Lipinski definition) is 8. The highest BCUT2D eigenvalue weighted by Crippen LogP contribution is 2.62. The lowest BCUT2D eigenvalue weighted by molar-refractivity contribution is -0.297. The van der Waals surface area contributed by atoms with Crippen LogP contribution in [0.25, 0.3) is 0 Å². The fourth-order valence-electron chi connectivity index (χ4n) is 6.77. The van der Waals surface area contributed by atoms with Gasteiger partial charge in [0.1, 0.15) is 11.4 Å². The molecule has 1 N–H and O–H groups in total. The van der Waals surface area contributed by atoms with E-state index in [4.69, 9.17) is 35.3 Å². The third kappa shape index (κ3) is 3.19. The maximum Gasteiger partial charge on any atom is 0.337 e. The molecule has 4 aliphatic heterocycles. The van der Waals surface area contributed by atoms with Crippen LogP contribution >= 0.6 is 11.6 Å². The van der Waals surface area contributed by atoms with Crippen molar-refractivity contribution in [3.05, 3.63) is 34.6 Å². The van der Waals surface area contributed by atoms with E-state index in [1.165, 1.54) is 7.11 Å². The summed E-state index contributed by atoms with van der Waals surface area (Å²) in [6.45, 7) is 4.83. The molecular weight excluding hydrogens is 460 g/mol. The van der Waals surface area contributed by atoms with Crippen LogP contribution in [0.15, 0.2) is 24.0 Å². The van der Waals surface area contributed by atoms with E-state index in [0.29, 0.717) is 36.0 Å². The van der Waals surface area contributed by atoms with Crippen LogP contribution in [0.2, 0.25) is 5.02 Å². The molecule has 0 unspecified atom stereocenters. The first kappa shape index (κ1) is 23.7. The van der Waals surface area contributed by atoms with Gasteiger partial charge in [-0.1, -0.05) is 24.9 Å². The Bertz CT molecular complexity index is 1000. The zero-order chi connectivity index (χ0) is 24.1. The van der Waals surface area contributed by atoms with E-state index in [9.17, 15) is 4.79 Å². The lowest BCUT2D eigenvalue weighted by Gasteiger charge is -2.61. The van der Waals surface area contributed by atoms with Gasteiger partial charge in [0.15, 0.2) is 5.72 Å². The Labute approximate surface area is 205 Å². The van der Waals surface area contributed by atoms with Gasteiger partial charge in [0, 0.05) is 18.8 Å². The number of nitrogens with zero attached hydrogens (tertiary/aromatic N) is 1. The normalized spacial score (nSPS) is 34.7. The minimum atomic E-state index is -0.824. The van der Waals surface area contributed by atoms with Crippen molar-refractivity contribution >= 4 is 23.3 Å². The standard InChI is InChI=1S/C25H33ClN2O6/c1-5-15-13-28-9-8-24-21-19(7-6-18(26)22(21)31-3)27-25(24,34-11-10-33-24)20(28)12-16(15)17(14-30-2)23(29)32-4/h6-7,14-16,20,27H,5,8-13H2,1-4H3/b17-14+/t15-,16+,20+,24+,25+/m1/s1. The first-order chi connectivity index (χ1) is 16.5. The minimum absolute atomic E-state index is 0.0367. The second-order valence-electron chi connectivity index (χ2n) is 9.46. The number of anilines is 1. The molecule has 0 aromatic heterocycles. The maximum absolute atomic E-state index is 12.7. The Hall–Kier alpha value is -2.00. The zero-order valence-corrected chi connectivity index (χ0v) is 20.9. The Morgan fingerprint density at radius 1 is 1.29 bits per heavy atom. The molecule has 8 nitrogen and oxygen atoms in total. The largest absolute Gasteiger partial charge is 0.504 e. The molecule has 0 saturated carbocycles. The molecule has 34 heavy (non-hydrogen) atoms. The number of hydrogen-bond donors (Lipinski definition) is 1. The van der Waals surface area contributed by atoms with Gasteiger partial charge in [-0.2, -0.15) is 0 Å². The van der Waals surface area contributed by atoms with Crippen LogP contribution in [0.3, 0.4) is 0 Å². The Morgan fingerprint density at radius 3 is 2.79 bits per heavy atom. The summed E-state index contributed by atoms with van der Waals surface area (Å²) >= 11 is 6.56. The van der Waals surface area contributed by atoms with Gasteiger partial charge in [-0.05, 0) is 36.8 Å². The molecular formula is C25H33ClN2O6. The van der Waals surface area contributed by atoms with E-state index < -0.39 is 11.3 Å². The van der Waals surface area contributed by atoms with Gasteiger partial charge in [0.25, 0.3) is 0 Å². The molecule has 1 aromatic carbocycles. The summed E-state index contributed by atoms with van der Waals surface area (Å²) in [5, 5.41) is 4.27. The van der Waals surface area contributed by atoms with Crippen LogP contribution in [-0.2, 0) is 29.3 Å². The van der Waals surface area contributed by atoms with Crippen molar-refractivity contribution in [3.8, 4) is 5.75 Å². The monoisotopic (exact) mass is 492 g/mol. The molecule has 3 saturated heterocycles. The van der Waals surface area contributed by atoms with Crippen LogP contribution in [0.5, 0.6) is 5.75 Å². The number of carbonyl (C=O) groups excluding carboxylic acids is 1. The van der Waals surface area contributed by atoms with Crippen molar-refractivity contribution in [2.45, 2.75) is 43.6 Å². The van der Waals surface area contributed by atoms with Crippen molar-refractivity contribution in [1.29, 1.82) is 0 Å². The highest BCUT2D eigenvalue weighted by atomic mass is 35.5. The van der Waals surface area contributed by atoms with E-state index in [-0.39, 0.29) is 23.8 Å². The van der Waals surface area contributed by atoms with Gasteiger partial charge < -0.3 is 29.0 Å². The first-order valence-electron chi connectivity index (χ1n) is 11.9. The molecule has 9 heteroatoms. The number of ether oxygens (including phenoxy) is 5. The van der Waals surface area contributed by atoms with Crippen molar-refractivity contribution in [2.75, 3.05) is 52.9 Å². The third-order valence-corrected chi connectivity index (χ3v) is 8.46. The smallest absolute Gasteiger partial charge is 0.337 e.